The van der Waals surface area contributed by atoms with Gasteiger partial charge in [-0.3, -0.25) is 10.8 Å². The summed E-state index contributed by atoms with van der Waals surface area (Å²) >= 11 is 1.57. The maximum atomic E-state index is 7.58. The predicted molar refractivity (Wildman–Crippen MR) is 146 cm³/mol. The molecule has 3 aromatic heterocycles. The van der Waals surface area contributed by atoms with Crippen molar-refractivity contribution in [3.63, 3.8) is 0 Å². The number of hydrogen-bond acceptors (Lipinski definition) is 5. The van der Waals surface area contributed by atoms with Crippen LogP contribution in [0.15, 0.2) is 48.5 Å². The fraction of sp³-hybridized carbons (Fsp3) is 0. The van der Waals surface area contributed by atoms with E-state index in [1.54, 1.807) is 23.5 Å². The summed E-state index contributed by atoms with van der Waals surface area (Å²) in [7, 11) is 0. The van der Waals surface area contributed by atoms with E-state index in [1.807, 2.05) is 36.4 Å². The zero-order valence-electron chi connectivity index (χ0n) is 16.7. The van der Waals surface area contributed by atoms with Crippen molar-refractivity contribution in [1.82, 2.24) is 19.9 Å². The average molecular weight is 546 g/mol. The lowest BCUT2D eigenvalue weighted by molar-refractivity contribution is 1.36. The molecule has 13 heteroatoms. The summed E-state index contributed by atoms with van der Waals surface area (Å²) in [5.74, 6) is 1.57. The van der Waals surface area contributed by atoms with Gasteiger partial charge >= 0.3 is 0 Å². The van der Waals surface area contributed by atoms with Crippen molar-refractivity contribution in [2.45, 2.75) is 0 Å². The second kappa shape index (κ2) is 10.9. The van der Waals surface area contributed by atoms with E-state index in [1.165, 1.54) is 0 Å². The molecule has 0 saturated carbocycles. The molecule has 33 heavy (non-hydrogen) atoms. The van der Waals surface area contributed by atoms with E-state index in [-0.39, 0.29) is 61.3 Å². The molecule has 174 valence electrons. The molecule has 3 heterocycles. The number of rotatable bonds is 4. The first-order valence-corrected chi connectivity index (χ1v) is 9.58. The van der Waals surface area contributed by atoms with Crippen molar-refractivity contribution in [3.05, 3.63) is 59.7 Å². The molecule has 0 aliphatic heterocycles. The molecule has 0 aliphatic carbocycles. The Morgan fingerprint density at radius 2 is 1.06 bits per heavy atom. The molecule has 0 saturated heterocycles. The molecule has 8 N–H and O–H groups in total. The molecule has 8 nitrogen and oxygen atoms in total. The summed E-state index contributed by atoms with van der Waals surface area (Å²) in [5, 5.41) is 15.2. The number of aromatic amines is 2. The van der Waals surface area contributed by atoms with Crippen LogP contribution in [0.5, 0.6) is 0 Å². The summed E-state index contributed by atoms with van der Waals surface area (Å²) in [6, 6.07) is 14.9. The van der Waals surface area contributed by atoms with Crippen LogP contribution in [0.3, 0.4) is 0 Å². The zero-order chi connectivity index (χ0) is 20.1. The quantitative estimate of drug-likeness (QED) is 0.137. The molecule has 0 amide bonds. The largest absolute Gasteiger partial charge is 0.384 e. The molecular formula is C20H20Cl4N8S. The predicted octanol–water partition coefficient (Wildman–Crippen LogP) is 5.09. The van der Waals surface area contributed by atoms with E-state index in [2.05, 4.69) is 19.9 Å². The molecule has 2 aromatic carbocycles. The van der Waals surface area contributed by atoms with Gasteiger partial charge in [0.05, 0.1) is 31.8 Å². The number of nitrogen functional groups attached to an aromatic ring is 2. The van der Waals surface area contributed by atoms with E-state index < -0.39 is 0 Å². The van der Waals surface area contributed by atoms with Crippen LogP contribution in [0.4, 0.5) is 0 Å². The number of nitrogens with zero attached hydrogens (tertiary/aromatic N) is 2. The number of imidazole rings is 2. The topological polar surface area (TPSA) is 157 Å². The Morgan fingerprint density at radius 1 is 0.667 bits per heavy atom. The van der Waals surface area contributed by atoms with Gasteiger partial charge in [-0.25, -0.2) is 9.97 Å². The maximum absolute atomic E-state index is 7.58. The second-order valence-electron chi connectivity index (χ2n) is 6.63. The lowest BCUT2D eigenvalue weighted by Gasteiger charge is -1.96. The number of hydrogen-bond donors (Lipinski definition) is 6. The van der Waals surface area contributed by atoms with E-state index >= 15 is 0 Å². The number of benzene rings is 2. The van der Waals surface area contributed by atoms with Crippen LogP contribution >= 0.6 is 61.0 Å². The normalized spacial score (nSPS) is 9.94. The Balaban J connectivity index is 0.00000136. The SMILES string of the molecule is Cl.Cl.Cl.Cl.N=C(N)c1ccc2nc(-c3ccc(-c4nc5ccc(C(=N)N)cc5[nH]4)s3)[nH]c2c1. The van der Waals surface area contributed by atoms with Crippen molar-refractivity contribution < 1.29 is 0 Å². The van der Waals surface area contributed by atoms with Gasteiger partial charge in [0.25, 0.3) is 0 Å². The Morgan fingerprint density at radius 3 is 1.42 bits per heavy atom. The molecule has 0 bridgehead atoms. The third-order valence-electron chi connectivity index (χ3n) is 4.66. The lowest BCUT2D eigenvalue weighted by atomic mass is 10.2. The van der Waals surface area contributed by atoms with Crippen LogP contribution in [0.25, 0.3) is 43.5 Å². The fourth-order valence-electron chi connectivity index (χ4n) is 3.18. The number of H-pyrrole nitrogens is 2. The molecule has 0 fully saturated rings. The molecule has 0 aliphatic rings. The van der Waals surface area contributed by atoms with Gasteiger partial charge in [-0.1, -0.05) is 0 Å². The third-order valence-corrected chi connectivity index (χ3v) is 5.76. The van der Waals surface area contributed by atoms with Crippen molar-refractivity contribution >= 4 is 94.7 Å². The summed E-state index contributed by atoms with van der Waals surface area (Å²) in [6.07, 6.45) is 0. The Labute approximate surface area is 217 Å². The van der Waals surface area contributed by atoms with Gasteiger partial charge in [-0.2, -0.15) is 0 Å². The molecule has 0 spiro atoms. The first kappa shape index (κ1) is 28.2. The summed E-state index contributed by atoms with van der Waals surface area (Å²) in [5.41, 5.74) is 15.8. The molecule has 5 aromatic rings. The van der Waals surface area contributed by atoms with Gasteiger partial charge in [0.2, 0.25) is 0 Å². The monoisotopic (exact) mass is 544 g/mol. The number of amidine groups is 2. The van der Waals surface area contributed by atoms with Gasteiger partial charge in [-0.05, 0) is 48.5 Å². The highest BCUT2D eigenvalue weighted by Gasteiger charge is 2.13. The number of aromatic nitrogens is 4. The molecule has 5 rings (SSSR count). The van der Waals surface area contributed by atoms with Crippen LogP contribution in [0.2, 0.25) is 0 Å². The van der Waals surface area contributed by atoms with E-state index in [0.717, 1.165) is 43.5 Å². The molecule has 0 radical (unpaired) electrons. The van der Waals surface area contributed by atoms with Crippen molar-refractivity contribution in [3.8, 4) is 21.4 Å². The average Bonchev–Trinajstić information content (AvgIpc) is 3.42. The first-order chi connectivity index (χ1) is 14.0. The Kier molecular flexibility index (Phi) is 9.29. The molecule has 0 unspecified atom stereocenters. The molecule has 0 atom stereocenters. The fourth-order valence-corrected chi connectivity index (χ4v) is 4.08. The number of fused-ring (bicyclic) bond motifs is 2. The van der Waals surface area contributed by atoms with Crippen LogP contribution in [0, 0.1) is 10.8 Å². The number of nitrogens with two attached hydrogens (primary N) is 2. The number of halogens is 4. The summed E-state index contributed by atoms with van der Waals surface area (Å²) in [6.45, 7) is 0. The zero-order valence-corrected chi connectivity index (χ0v) is 20.8. The van der Waals surface area contributed by atoms with Gasteiger partial charge in [0.1, 0.15) is 23.3 Å². The summed E-state index contributed by atoms with van der Waals surface area (Å²) in [4.78, 5) is 17.8. The van der Waals surface area contributed by atoms with Gasteiger partial charge in [-0.15, -0.1) is 61.0 Å². The van der Waals surface area contributed by atoms with Gasteiger partial charge < -0.3 is 21.4 Å². The number of nitrogens with one attached hydrogen (secondary N) is 4. The van der Waals surface area contributed by atoms with E-state index in [0.29, 0.717) is 11.1 Å². The van der Waals surface area contributed by atoms with E-state index in [4.69, 9.17) is 22.3 Å². The second-order valence-corrected chi connectivity index (χ2v) is 7.71. The van der Waals surface area contributed by atoms with Crippen LogP contribution < -0.4 is 11.5 Å². The minimum absolute atomic E-state index is 0. The lowest BCUT2D eigenvalue weighted by Crippen LogP contribution is -2.10. The van der Waals surface area contributed by atoms with Gasteiger partial charge in [0, 0.05) is 11.1 Å². The highest BCUT2D eigenvalue weighted by atomic mass is 35.5. The highest BCUT2D eigenvalue weighted by Crippen LogP contribution is 2.33. The van der Waals surface area contributed by atoms with Crippen molar-refractivity contribution in [2.75, 3.05) is 0 Å². The smallest absolute Gasteiger partial charge is 0.148 e. The van der Waals surface area contributed by atoms with Crippen molar-refractivity contribution in [1.29, 1.82) is 10.8 Å². The number of thiophene rings is 1. The third kappa shape index (κ3) is 5.23. The molecular weight excluding hydrogens is 526 g/mol. The van der Waals surface area contributed by atoms with Crippen LogP contribution in [-0.2, 0) is 0 Å². The highest BCUT2D eigenvalue weighted by molar-refractivity contribution is 7.18. The van der Waals surface area contributed by atoms with Crippen molar-refractivity contribution in [2.24, 2.45) is 11.5 Å². The van der Waals surface area contributed by atoms with Crippen LogP contribution in [0.1, 0.15) is 11.1 Å². The minimum Gasteiger partial charge on any atom is -0.384 e. The first-order valence-electron chi connectivity index (χ1n) is 8.77. The minimum atomic E-state index is 0. The Bertz CT molecular complexity index is 1330. The van der Waals surface area contributed by atoms with Gasteiger partial charge in [0.15, 0.2) is 0 Å². The van der Waals surface area contributed by atoms with Crippen LogP contribution in [-0.4, -0.2) is 31.6 Å². The Hall–Kier alpha value is -2.82. The standard InChI is InChI=1S/C20H16N8S.4ClH/c21-17(22)9-1-3-11-13(7-9)27-19(25-11)15-5-6-16(29-15)20-26-12-4-2-10(18(23)24)8-14(12)28-20;;;;/h1-8H,(H3,21,22)(H3,23,24)(H,25,27)(H,26,28);4*1H. The summed E-state index contributed by atoms with van der Waals surface area (Å²) < 4.78 is 0. The maximum Gasteiger partial charge on any atom is 0.148 e. The van der Waals surface area contributed by atoms with E-state index in [9.17, 15) is 0 Å².